The fraction of sp³-hybridized carbons (Fsp3) is 0.800. The Morgan fingerprint density at radius 1 is 1.00 bits per heavy atom. The molecule has 6 heteroatoms. The summed E-state index contributed by atoms with van der Waals surface area (Å²) in [6.07, 6.45) is 0. The highest BCUT2D eigenvalue weighted by molar-refractivity contribution is 5.85. The van der Waals surface area contributed by atoms with Crippen molar-refractivity contribution >= 4 is 11.8 Å². The van der Waals surface area contributed by atoms with Crippen LogP contribution in [0.15, 0.2) is 10.2 Å². The summed E-state index contributed by atoms with van der Waals surface area (Å²) in [5, 5.41) is 7.72. The molecule has 0 aliphatic heterocycles. The van der Waals surface area contributed by atoms with Crippen molar-refractivity contribution in [3.05, 3.63) is 0 Å². The van der Waals surface area contributed by atoms with Crippen molar-refractivity contribution in [2.24, 2.45) is 27.6 Å². The van der Waals surface area contributed by atoms with E-state index in [-0.39, 0.29) is 5.92 Å². The van der Waals surface area contributed by atoms with E-state index in [0.29, 0.717) is 0 Å². The highest BCUT2D eigenvalue weighted by Gasteiger charge is 2.36. The zero-order chi connectivity index (χ0) is 13.1. The van der Waals surface area contributed by atoms with Gasteiger partial charge in [-0.05, 0) is 26.7 Å². The van der Waals surface area contributed by atoms with Crippen LogP contribution in [0, 0.1) is 5.92 Å². The Bertz CT molecular complexity index is 323. The lowest BCUT2D eigenvalue weighted by Crippen LogP contribution is -2.44. The van der Waals surface area contributed by atoms with Gasteiger partial charge in [0.1, 0.15) is 0 Å². The number of azo groups is 1. The molecule has 4 N–H and O–H groups in total. The minimum Gasteiger partial charge on any atom is -0.368 e. The first-order valence-corrected chi connectivity index (χ1v) is 5.08. The summed E-state index contributed by atoms with van der Waals surface area (Å²) >= 11 is 0. The summed E-state index contributed by atoms with van der Waals surface area (Å²) in [5.41, 5.74) is 8.16. The molecule has 0 aliphatic carbocycles. The van der Waals surface area contributed by atoms with Crippen LogP contribution in [-0.2, 0) is 9.59 Å². The van der Waals surface area contributed by atoms with Gasteiger partial charge in [-0.1, -0.05) is 13.8 Å². The third-order valence-corrected chi connectivity index (χ3v) is 2.73. The second-order valence-corrected chi connectivity index (χ2v) is 4.79. The molecule has 1 atom stereocenters. The van der Waals surface area contributed by atoms with Gasteiger partial charge in [0.25, 0.3) is 0 Å². The molecule has 0 saturated heterocycles. The fourth-order valence-electron chi connectivity index (χ4n) is 0.727. The summed E-state index contributed by atoms with van der Waals surface area (Å²) in [7, 11) is 0. The van der Waals surface area contributed by atoms with Crippen molar-refractivity contribution in [2.45, 2.75) is 45.7 Å². The van der Waals surface area contributed by atoms with E-state index in [0.717, 1.165) is 0 Å². The zero-order valence-electron chi connectivity index (χ0n) is 10.4. The van der Waals surface area contributed by atoms with Gasteiger partial charge in [-0.3, -0.25) is 9.59 Å². The normalized spacial score (nSPS) is 16.4. The molecule has 0 bridgehead atoms. The molecule has 2 amide bonds. The maximum atomic E-state index is 11.3. The van der Waals surface area contributed by atoms with Crippen LogP contribution >= 0.6 is 0 Å². The predicted molar refractivity (Wildman–Crippen MR) is 60.6 cm³/mol. The van der Waals surface area contributed by atoms with Gasteiger partial charge in [-0.15, -0.1) is 0 Å². The van der Waals surface area contributed by atoms with Crippen molar-refractivity contribution in [1.82, 2.24) is 0 Å². The molecule has 16 heavy (non-hydrogen) atoms. The quantitative estimate of drug-likeness (QED) is 0.671. The second-order valence-electron chi connectivity index (χ2n) is 4.79. The Morgan fingerprint density at radius 3 is 1.69 bits per heavy atom. The van der Waals surface area contributed by atoms with Crippen molar-refractivity contribution in [3.63, 3.8) is 0 Å². The molecule has 0 heterocycles. The van der Waals surface area contributed by atoms with E-state index in [2.05, 4.69) is 10.2 Å². The lowest BCUT2D eigenvalue weighted by molar-refractivity contribution is -0.125. The van der Waals surface area contributed by atoms with E-state index < -0.39 is 22.9 Å². The fourth-order valence-corrected chi connectivity index (χ4v) is 0.727. The van der Waals surface area contributed by atoms with E-state index in [1.165, 1.54) is 13.8 Å². The van der Waals surface area contributed by atoms with Crippen LogP contribution < -0.4 is 11.5 Å². The van der Waals surface area contributed by atoms with Crippen molar-refractivity contribution in [1.29, 1.82) is 0 Å². The first kappa shape index (κ1) is 14.5. The SMILES string of the molecule is CC(C)C(C)(N=NC(C)(C)C(N)=O)C(N)=O. The smallest absolute Gasteiger partial charge is 0.247 e. The third kappa shape index (κ3) is 3.01. The van der Waals surface area contributed by atoms with E-state index in [9.17, 15) is 9.59 Å². The summed E-state index contributed by atoms with van der Waals surface area (Å²) in [6, 6.07) is 0. The molecule has 0 aromatic heterocycles. The molecular formula is C10H20N4O2. The van der Waals surface area contributed by atoms with E-state index >= 15 is 0 Å². The summed E-state index contributed by atoms with van der Waals surface area (Å²) in [4.78, 5) is 22.3. The lowest BCUT2D eigenvalue weighted by atomic mass is 9.89. The van der Waals surface area contributed by atoms with E-state index in [1.54, 1.807) is 20.8 Å². The van der Waals surface area contributed by atoms with Gasteiger partial charge in [0.05, 0.1) is 0 Å². The highest BCUT2D eigenvalue weighted by atomic mass is 16.2. The number of nitrogens with zero attached hydrogens (tertiary/aromatic N) is 2. The predicted octanol–water partition coefficient (Wildman–Crippen LogP) is 0.603. The second kappa shape index (κ2) is 4.59. The number of hydrogen-bond donors (Lipinski definition) is 2. The van der Waals surface area contributed by atoms with Gasteiger partial charge < -0.3 is 11.5 Å². The number of primary amides is 2. The summed E-state index contributed by atoms with van der Waals surface area (Å²) < 4.78 is 0. The van der Waals surface area contributed by atoms with E-state index in [1.807, 2.05) is 0 Å². The number of nitrogens with two attached hydrogens (primary N) is 2. The molecule has 1 unspecified atom stereocenters. The Hall–Kier alpha value is -1.46. The van der Waals surface area contributed by atoms with Crippen LogP contribution in [0.1, 0.15) is 34.6 Å². The molecule has 0 aromatic carbocycles. The highest BCUT2D eigenvalue weighted by Crippen LogP contribution is 2.23. The standard InChI is InChI=1S/C10H20N4O2/c1-6(2)10(5,8(12)16)14-13-9(3,4)7(11)15/h6H,1-5H3,(H2,11,15)(H2,12,16). The molecular weight excluding hydrogens is 208 g/mol. The third-order valence-electron chi connectivity index (χ3n) is 2.73. The van der Waals surface area contributed by atoms with Crippen LogP contribution in [0.2, 0.25) is 0 Å². The molecule has 0 rings (SSSR count). The molecule has 0 radical (unpaired) electrons. The van der Waals surface area contributed by atoms with Crippen LogP contribution in [0.4, 0.5) is 0 Å². The number of amides is 2. The zero-order valence-corrected chi connectivity index (χ0v) is 10.4. The van der Waals surface area contributed by atoms with Gasteiger partial charge in [0.2, 0.25) is 11.8 Å². The summed E-state index contributed by atoms with van der Waals surface area (Å²) in [6.45, 7) is 8.25. The maximum Gasteiger partial charge on any atom is 0.247 e. The summed E-state index contributed by atoms with van der Waals surface area (Å²) in [5.74, 6) is -1.30. The lowest BCUT2D eigenvalue weighted by Gasteiger charge is -2.25. The minimum atomic E-state index is -1.13. The average molecular weight is 228 g/mol. The monoisotopic (exact) mass is 228 g/mol. The van der Waals surface area contributed by atoms with Crippen LogP contribution in [0.5, 0.6) is 0 Å². The topological polar surface area (TPSA) is 111 Å². The van der Waals surface area contributed by atoms with Crippen molar-refractivity contribution in [2.75, 3.05) is 0 Å². The molecule has 0 fully saturated rings. The molecule has 6 nitrogen and oxygen atoms in total. The number of carbonyl (C=O) groups is 2. The Labute approximate surface area is 95.5 Å². The molecule has 0 aliphatic rings. The first-order valence-electron chi connectivity index (χ1n) is 5.08. The molecule has 0 aromatic rings. The van der Waals surface area contributed by atoms with Crippen molar-refractivity contribution < 1.29 is 9.59 Å². The Kier molecular flexibility index (Phi) is 4.17. The molecule has 0 spiro atoms. The van der Waals surface area contributed by atoms with E-state index in [4.69, 9.17) is 11.5 Å². The number of hydrogen-bond acceptors (Lipinski definition) is 4. The average Bonchev–Trinajstić information content (AvgIpc) is 2.13. The van der Waals surface area contributed by atoms with Gasteiger partial charge >= 0.3 is 0 Å². The molecule has 0 saturated carbocycles. The van der Waals surface area contributed by atoms with Crippen LogP contribution in [0.25, 0.3) is 0 Å². The van der Waals surface area contributed by atoms with Crippen LogP contribution in [-0.4, -0.2) is 22.9 Å². The van der Waals surface area contributed by atoms with Gasteiger partial charge in [-0.25, -0.2) is 0 Å². The van der Waals surface area contributed by atoms with Crippen LogP contribution in [0.3, 0.4) is 0 Å². The Balaban J connectivity index is 5.13. The van der Waals surface area contributed by atoms with Gasteiger partial charge in [-0.2, -0.15) is 10.2 Å². The van der Waals surface area contributed by atoms with Crippen molar-refractivity contribution in [3.8, 4) is 0 Å². The Morgan fingerprint density at radius 2 is 1.44 bits per heavy atom. The first-order chi connectivity index (χ1) is 7.04. The number of rotatable bonds is 5. The largest absolute Gasteiger partial charge is 0.368 e. The number of carbonyl (C=O) groups excluding carboxylic acids is 2. The van der Waals surface area contributed by atoms with Gasteiger partial charge in [0, 0.05) is 0 Å². The molecule has 92 valence electrons. The maximum absolute atomic E-state index is 11.3. The minimum absolute atomic E-state index is 0.113. The van der Waals surface area contributed by atoms with Gasteiger partial charge in [0.15, 0.2) is 11.1 Å².